The van der Waals surface area contributed by atoms with E-state index in [1.54, 1.807) is 11.2 Å². The van der Waals surface area contributed by atoms with E-state index in [-0.39, 0.29) is 36.0 Å². The zero-order chi connectivity index (χ0) is 18.0. The summed E-state index contributed by atoms with van der Waals surface area (Å²) in [5.41, 5.74) is 1.07. The molecule has 0 spiro atoms. The van der Waals surface area contributed by atoms with Gasteiger partial charge in [0.15, 0.2) is 5.69 Å². The van der Waals surface area contributed by atoms with Crippen molar-refractivity contribution in [1.29, 1.82) is 0 Å². The van der Waals surface area contributed by atoms with Crippen LogP contribution in [0.3, 0.4) is 0 Å². The van der Waals surface area contributed by atoms with Crippen LogP contribution < -0.4 is 10.1 Å². The monoisotopic (exact) mass is 347 g/mol. The van der Waals surface area contributed by atoms with Gasteiger partial charge in [0.25, 0.3) is 17.7 Å². The molecule has 2 aromatic rings. The summed E-state index contributed by atoms with van der Waals surface area (Å²) in [5.74, 6) is -0.168. The number of carbonyl (C=O) groups excluding carboxylic acids is 2. The molecule has 3 heterocycles. The molecule has 2 aromatic heterocycles. The fourth-order valence-electron chi connectivity index (χ4n) is 2.76. The Morgan fingerprint density at radius 2 is 2.16 bits per heavy atom. The molecule has 0 radical (unpaired) electrons. The number of hydrogen-bond acceptors (Lipinski definition) is 6. The molecule has 0 unspecified atom stereocenters. The van der Waals surface area contributed by atoms with E-state index in [2.05, 4.69) is 15.5 Å². The van der Waals surface area contributed by atoms with Gasteiger partial charge >= 0.3 is 0 Å². The first kappa shape index (κ1) is 17.0. The van der Waals surface area contributed by atoms with E-state index in [0.29, 0.717) is 18.8 Å². The van der Waals surface area contributed by atoms with E-state index >= 15 is 0 Å². The molecule has 2 amide bonds. The zero-order valence-electron chi connectivity index (χ0n) is 14.5. The Bertz CT molecular complexity index is 779. The Kier molecular flexibility index (Phi) is 4.73. The van der Waals surface area contributed by atoms with E-state index in [0.717, 1.165) is 12.1 Å². The molecule has 1 aliphatic heterocycles. The molecule has 1 aliphatic rings. The van der Waals surface area contributed by atoms with Crippen LogP contribution in [0.25, 0.3) is 0 Å². The highest BCUT2D eigenvalue weighted by Gasteiger charge is 2.27. The summed E-state index contributed by atoms with van der Waals surface area (Å²) in [7, 11) is 1.45. The molecule has 9 nitrogen and oxygen atoms in total. The lowest BCUT2D eigenvalue weighted by Gasteiger charge is -2.19. The van der Waals surface area contributed by atoms with Crippen molar-refractivity contribution < 1.29 is 18.8 Å². The van der Waals surface area contributed by atoms with Crippen molar-refractivity contribution in [2.45, 2.75) is 39.4 Å². The Labute approximate surface area is 144 Å². The normalized spacial score (nSPS) is 14.2. The first-order chi connectivity index (χ1) is 12.0. The number of methoxy groups -OCH3 is 1. The van der Waals surface area contributed by atoms with Crippen molar-refractivity contribution in [3.63, 3.8) is 0 Å². The summed E-state index contributed by atoms with van der Waals surface area (Å²) in [5, 5.41) is 6.50. The highest BCUT2D eigenvalue weighted by molar-refractivity contribution is 5.94. The van der Waals surface area contributed by atoms with Gasteiger partial charge in [-0.3, -0.25) is 9.59 Å². The van der Waals surface area contributed by atoms with Gasteiger partial charge < -0.3 is 24.0 Å². The molecule has 0 atom stereocenters. The van der Waals surface area contributed by atoms with Gasteiger partial charge in [-0.15, -0.1) is 0 Å². The number of aromatic nitrogens is 3. The average Bonchev–Trinajstić information content (AvgIpc) is 3.15. The average molecular weight is 347 g/mol. The number of hydrogen-bond donors (Lipinski definition) is 1. The molecule has 0 aromatic carbocycles. The predicted molar refractivity (Wildman–Crippen MR) is 87.2 cm³/mol. The minimum Gasteiger partial charge on any atom is -0.479 e. The number of ether oxygens (including phenoxy) is 1. The maximum atomic E-state index is 12.7. The molecule has 0 saturated heterocycles. The summed E-state index contributed by atoms with van der Waals surface area (Å²) in [6, 6.07) is 1.46. The maximum absolute atomic E-state index is 12.7. The fraction of sp³-hybridized carbons (Fsp3) is 0.500. The van der Waals surface area contributed by atoms with Crippen LogP contribution in [0.2, 0.25) is 0 Å². The Hall–Kier alpha value is -2.84. The topological polar surface area (TPSA) is 102 Å². The largest absolute Gasteiger partial charge is 0.479 e. The van der Waals surface area contributed by atoms with Gasteiger partial charge in [-0.05, 0) is 25.4 Å². The number of aryl methyl sites for hydroxylation is 1. The second-order valence-corrected chi connectivity index (χ2v) is 6.18. The van der Waals surface area contributed by atoms with E-state index in [4.69, 9.17) is 9.26 Å². The molecule has 0 bridgehead atoms. The van der Waals surface area contributed by atoms with Crippen LogP contribution in [0.4, 0.5) is 0 Å². The van der Waals surface area contributed by atoms with E-state index in [9.17, 15) is 9.59 Å². The summed E-state index contributed by atoms with van der Waals surface area (Å²) < 4.78 is 11.9. The van der Waals surface area contributed by atoms with Gasteiger partial charge in [-0.25, -0.2) is 4.98 Å². The molecule has 3 rings (SSSR count). The van der Waals surface area contributed by atoms with Crippen LogP contribution in [0.1, 0.15) is 47.0 Å². The van der Waals surface area contributed by atoms with E-state index in [1.807, 2.05) is 18.4 Å². The van der Waals surface area contributed by atoms with Gasteiger partial charge in [0, 0.05) is 19.1 Å². The second kappa shape index (κ2) is 6.96. The van der Waals surface area contributed by atoms with E-state index in [1.165, 1.54) is 13.2 Å². The third-order valence-corrected chi connectivity index (χ3v) is 3.94. The van der Waals surface area contributed by atoms with Crippen LogP contribution in [0.15, 0.2) is 16.9 Å². The van der Waals surface area contributed by atoms with Gasteiger partial charge in [-0.2, -0.15) is 0 Å². The molecule has 0 saturated carbocycles. The smallest absolute Gasteiger partial charge is 0.292 e. The molecule has 25 heavy (non-hydrogen) atoms. The van der Waals surface area contributed by atoms with Gasteiger partial charge in [0.05, 0.1) is 31.7 Å². The molecular formula is C16H21N5O4. The Morgan fingerprint density at radius 3 is 2.84 bits per heavy atom. The molecule has 9 heteroatoms. The van der Waals surface area contributed by atoms with Crippen LogP contribution >= 0.6 is 0 Å². The lowest BCUT2D eigenvalue weighted by Crippen LogP contribution is -2.33. The van der Waals surface area contributed by atoms with Gasteiger partial charge in [0.1, 0.15) is 0 Å². The first-order valence-electron chi connectivity index (χ1n) is 8.14. The van der Waals surface area contributed by atoms with Gasteiger partial charge in [0.2, 0.25) is 5.76 Å². The molecule has 1 N–H and O–H groups in total. The third-order valence-electron chi connectivity index (χ3n) is 3.94. The highest BCUT2D eigenvalue weighted by atomic mass is 16.5. The number of nitrogens with one attached hydrogen (secondary N) is 1. The third kappa shape index (κ3) is 3.49. The van der Waals surface area contributed by atoms with Crippen LogP contribution in [-0.4, -0.2) is 51.1 Å². The molecule has 0 aliphatic carbocycles. The lowest BCUT2D eigenvalue weighted by molar-refractivity contribution is 0.0701. The number of nitrogens with zero attached hydrogens (tertiary/aromatic N) is 4. The SMILES string of the molecule is COc1cc(C(=O)N2CCCn3cnc(C(=O)NC(C)C)c3C2)on1. The van der Waals surface area contributed by atoms with Crippen LogP contribution in [-0.2, 0) is 13.1 Å². The first-order valence-corrected chi connectivity index (χ1v) is 8.14. The highest BCUT2D eigenvalue weighted by Crippen LogP contribution is 2.20. The minimum absolute atomic E-state index is 0.00928. The number of amides is 2. The van der Waals surface area contributed by atoms with Crippen LogP contribution in [0, 0.1) is 0 Å². The van der Waals surface area contributed by atoms with Crippen molar-refractivity contribution >= 4 is 11.8 Å². The number of imidazole rings is 1. The summed E-state index contributed by atoms with van der Waals surface area (Å²) in [6.45, 7) is 5.30. The number of rotatable bonds is 4. The standard InChI is InChI=1S/C16H21N5O4/c1-10(2)18-15(22)14-11-8-20(5-4-6-21(11)9-17-14)16(23)12-7-13(24-3)19-25-12/h7,9-10H,4-6,8H2,1-3H3,(H,18,22). The predicted octanol–water partition coefficient (Wildman–Crippen LogP) is 1.06. The van der Waals surface area contributed by atoms with Gasteiger partial charge in [-0.1, -0.05) is 0 Å². The second-order valence-electron chi connectivity index (χ2n) is 6.18. The molecule has 134 valence electrons. The lowest BCUT2D eigenvalue weighted by atomic mass is 10.2. The Balaban J connectivity index is 1.83. The molecule has 0 fully saturated rings. The quantitative estimate of drug-likeness (QED) is 0.887. The zero-order valence-corrected chi connectivity index (χ0v) is 14.5. The fourth-order valence-corrected chi connectivity index (χ4v) is 2.76. The van der Waals surface area contributed by atoms with Crippen LogP contribution in [0.5, 0.6) is 5.88 Å². The maximum Gasteiger partial charge on any atom is 0.292 e. The van der Waals surface area contributed by atoms with Crippen molar-refractivity contribution in [3.05, 3.63) is 29.5 Å². The number of fused-ring (bicyclic) bond motifs is 1. The number of carbonyl (C=O) groups is 2. The summed E-state index contributed by atoms with van der Waals surface area (Å²) in [4.78, 5) is 30.9. The van der Waals surface area contributed by atoms with Crippen molar-refractivity contribution in [1.82, 2.24) is 24.9 Å². The Morgan fingerprint density at radius 1 is 1.36 bits per heavy atom. The summed E-state index contributed by atoms with van der Waals surface area (Å²) in [6.07, 6.45) is 2.40. The van der Waals surface area contributed by atoms with Crippen molar-refractivity contribution in [2.75, 3.05) is 13.7 Å². The van der Waals surface area contributed by atoms with Crippen molar-refractivity contribution in [3.8, 4) is 5.88 Å². The van der Waals surface area contributed by atoms with E-state index < -0.39 is 0 Å². The summed E-state index contributed by atoms with van der Waals surface area (Å²) >= 11 is 0. The van der Waals surface area contributed by atoms with Crippen molar-refractivity contribution in [2.24, 2.45) is 0 Å². The minimum atomic E-state index is -0.291. The molecular weight excluding hydrogens is 326 g/mol.